The number of anilines is 1. The molecule has 40 heavy (non-hydrogen) atoms. The second-order valence-electron chi connectivity index (χ2n) is 11.4. The minimum absolute atomic E-state index is 0. The Morgan fingerprint density at radius 3 is 2.35 bits per heavy atom. The number of carbonyl (C=O) groups is 1. The molecular formula is C33H47BrN2O3S. The zero-order valence-electron chi connectivity index (χ0n) is 24.9. The maximum absolute atomic E-state index is 12.7. The third kappa shape index (κ3) is 11.6. The van der Waals surface area contributed by atoms with Crippen LogP contribution in [0.1, 0.15) is 95.9 Å². The predicted molar refractivity (Wildman–Crippen MR) is 162 cm³/mol. The number of amides is 1. The largest absolute Gasteiger partial charge is 1.00 e. The Balaban J connectivity index is 0.00000560. The molecule has 0 unspecified atom stereocenters. The molecule has 3 rings (SSSR count). The minimum atomic E-state index is -0.182. The van der Waals surface area contributed by atoms with Crippen molar-refractivity contribution in [2.24, 2.45) is 0 Å². The lowest BCUT2D eigenvalue weighted by Crippen LogP contribution is -3.00. The van der Waals surface area contributed by atoms with Crippen LogP contribution in [0.25, 0.3) is 0 Å². The van der Waals surface area contributed by atoms with Crippen LogP contribution in [0.2, 0.25) is 0 Å². The predicted octanol–water partition coefficient (Wildman–Crippen LogP) is 5.23. The van der Waals surface area contributed by atoms with Crippen molar-refractivity contribution in [3.8, 4) is 11.5 Å². The van der Waals surface area contributed by atoms with Gasteiger partial charge in [-0.1, -0.05) is 96.1 Å². The van der Waals surface area contributed by atoms with Gasteiger partial charge in [0.05, 0.1) is 12.0 Å². The molecule has 3 aromatic rings. The quantitative estimate of drug-likeness (QED) is 0.174. The van der Waals surface area contributed by atoms with E-state index in [-0.39, 0.29) is 34.9 Å². The lowest BCUT2D eigenvalue weighted by Gasteiger charge is -2.24. The van der Waals surface area contributed by atoms with E-state index in [0.717, 1.165) is 42.1 Å². The van der Waals surface area contributed by atoms with Crippen LogP contribution >= 0.6 is 11.3 Å². The number of halogens is 1. The number of hydrogen-bond donors (Lipinski definition) is 1. The molecule has 220 valence electrons. The number of nitrogens with one attached hydrogen (secondary N) is 1. The molecule has 5 nitrogen and oxygen atoms in total. The number of benzene rings is 2. The molecule has 0 radical (unpaired) electrons. The molecule has 0 saturated heterocycles. The Morgan fingerprint density at radius 1 is 0.950 bits per heavy atom. The zero-order chi connectivity index (χ0) is 28.1. The minimum Gasteiger partial charge on any atom is -1.00 e. The topological polar surface area (TPSA) is 51.4 Å². The fraction of sp³-hybridized carbons (Fsp3) is 0.515. The number of nitrogens with zero attached hydrogens (tertiary/aromatic N) is 1. The maximum Gasteiger partial charge on any atom is 0.262 e. The molecule has 1 aromatic heterocycles. The Hall–Kier alpha value is -2.38. The van der Waals surface area contributed by atoms with Crippen molar-refractivity contribution in [2.45, 2.75) is 97.9 Å². The van der Waals surface area contributed by atoms with Gasteiger partial charge < -0.3 is 31.8 Å². The molecule has 0 aliphatic heterocycles. The van der Waals surface area contributed by atoms with E-state index < -0.39 is 0 Å². The molecule has 7 heteroatoms. The standard InChI is InChI=1S/C33H46N2O3S.BrH/c1-6-7-8-9-10-11-12-13-19-37-31-18-17-29(21-30(31)33(3,4)5)38-23-32(36)34-28-16-14-15-27(20-28)22-35-25-39-24-26(35)2;/h14-18,20-21,24-25H,6-13,19,22-23H2,1-5H3;1H. The van der Waals surface area contributed by atoms with Crippen LogP contribution in [0.15, 0.2) is 53.4 Å². The number of rotatable bonds is 16. The van der Waals surface area contributed by atoms with Crippen LogP contribution in [0.5, 0.6) is 11.5 Å². The van der Waals surface area contributed by atoms with Gasteiger partial charge in [0.15, 0.2) is 18.8 Å². The number of carbonyl (C=O) groups excluding carboxylic acids is 1. The first-order valence-corrected chi connectivity index (χ1v) is 15.4. The molecule has 0 aliphatic rings. The summed E-state index contributed by atoms with van der Waals surface area (Å²) in [5.74, 6) is 1.39. The Bertz CT molecular complexity index is 1170. The van der Waals surface area contributed by atoms with Crippen LogP contribution in [-0.2, 0) is 16.8 Å². The Kier molecular flexibility index (Phi) is 14.7. The summed E-state index contributed by atoms with van der Waals surface area (Å²) in [6.07, 6.45) is 10.3. The summed E-state index contributed by atoms with van der Waals surface area (Å²) in [5.41, 5.74) is 6.23. The number of aromatic nitrogens is 1. The van der Waals surface area contributed by atoms with Crippen LogP contribution in [0.3, 0.4) is 0 Å². The first-order chi connectivity index (χ1) is 18.8. The van der Waals surface area contributed by atoms with Crippen molar-refractivity contribution in [3.05, 3.63) is 70.2 Å². The van der Waals surface area contributed by atoms with Gasteiger partial charge in [-0.2, -0.15) is 4.57 Å². The highest BCUT2D eigenvalue weighted by atomic mass is 79.9. The summed E-state index contributed by atoms with van der Waals surface area (Å²) in [7, 11) is 0. The highest BCUT2D eigenvalue weighted by molar-refractivity contribution is 7.07. The van der Waals surface area contributed by atoms with Gasteiger partial charge >= 0.3 is 0 Å². The molecule has 0 fully saturated rings. The van der Waals surface area contributed by atoms with Crippen LogP contribution < -0.4 is 36.3 Å². The molecule has 2 aromatic carbocycles. The van der Waals surface area contributed by atoms with Crippen molar-refractivity contribution >= 4 is 22.9 Å². The monoisotopic (exact) mass is 630 g/mol. The SMILES string of the molecule is CCCCCCCCCCOc1ccc(OCC(=O)Nc2cccc(C[n+]3cscc3C)c2)cc1C(C)(C)C.[Br-]. The molecule has 1 heterocycles. The highest BCUT2D eigenvalue weighted by Gasteiger charge is 2.20. The van der Waals surface area contributed by atoms with E-state index in [1.165, 1.54) is 50.6 Å². The van der Waals surface area contributed by atoms with Gasteiger partial charge in [0.2, 0.25) is 5.51 Å². The summed E-state index contributed by atoms with van der Waals surface area (Å²) in [6, 6.07) is 13.8. The van der Waals surface area contributed by atoms with Gasteiger partial charge in [-0.3, -0.25) is 4.79 Å². The Morgan fingerprint density at radius 2 is 1.68 bits per heavy atom. The summed E-state index contributed by atoms with van der Waals surface area (Å²) in [4.78, 5) is 12.7. The van der Waals surface area contributed by atoms with E-state index in [2.05, 4.69) is 61.5 Å². The van der Waals surface area contributed by atoms with E-state index in [1.54, 1.807) is 11.3 Å². The van der Waals surface area contributed by atoms with Crippen molar-refractivity contribution in [2.75, 3.05) is 18.5 Å². The summed E-state index contributed by atoms with van der Waals surface area (Å²) >= 11 is 1.69. The number of ether oxygens (including phenoxy) is 2. The lowest BCUT2D eigenvalue weighted by atomic mass is 9.86. The number of hydrogen-bond acceptors (Lipinski definition) is 4. The summed E-state index contributed by atoms with van der Waals surface area (Å²) in [5, 5.41) is 5.10. The lowest BCUT2D eigenvalue weighted by molar-refractivity contribution is -0.689. The van der Waals surface area contributed by atoms with E-state index in [0.29, 0.717) is 5.75 Å². The normalized spacial score (nSPS) is 11.1. The van der Waals surface area contributed by atoms with E-state index in [4.69, 9.17) is 9.47 Å². The third-order valence-electron chi connectivity index (χ3n) is 6.83. The first kappa shape index (κ1) is 33.8. The van der Waals surface area contributed by atoms with Crippen molar-refractivity contribution in [1.29, 1.82) is 0 Å². The van der Waals surface area contributed by atoms with E-state index in [9.17, 15) is 4.79 Å². The van der Waals surface area contributed by atoms with E-state index in [1.807, 2.05) is 36.4 Å². The molecule has 0 atom stereocenters. The van der Waals surface area contributed by atoms with Crippen LogP contribution in [0.4, 0.5) is 5.69 Å². The summed E-state index contributed by atoms with van der Waals surface area (Å²) < 4.78 is 14.3. The van der Waals surface area contributed by atoms with Gasteiger partial charge in [-0.15, -0.1) is 0 Å². The average molecular weight is 632 g/mol. The van der Waals surface area contributed by atoms with Gasteiger partial charge in [0.1, 0.15) is 11.5 Å². The van der Waals surface area contributed by atoms with Crippen molar-refractivity contribution < 1.29 is 35.8 Å². The first-order valence-electron chi connectivity index (χ1n) is 14.5. The smallest absolute Gasteiger partial charge is 0.262 e. The fourth-order valence-corrected chi connectivity index (χ4v) is 5.32. The fourth-order valence-electron chi connectivity index (χ4n) is 4.53. The number of unbranched alkanes of at least 4 members (excludes halogenated alkanes) is 7. The van der Waals surface area contributed by atoms with E-state index >= 15 is 0 Å². The molecule has 0 spiro atoms. The average Bonchev–Trinajstić information content (AvgIpc) is 3.30. The number of aryl methyl sites for hydroxylation is 1. The third-order valence-corrected chi connectivity index (χ3v) is 7.68. The highest BCUT2D eigenvalue weighted by Crippen LogP contribution is 2.34. The molecule has 0 bridgehead atoms. The second-order valence-corrected chi connectivity index (χ2v) is 12.1. The van der Waals surface area contributed by atoms with Crippen LogP contribution in [0, 0.1) is 6.92 Å². The van der Waals surface area contributed by atoms with Gasteiger partial charge in [-0.25, -0.2) is 0 Å². The molecule has 0 aliphatic carbocycles. The Labute approximate surface area is 256 Å². The van der Waals surface area contributed by atoms with Crippen molar-refractivity contribution in [3.63, 3.8) is 0 Å². The summed E-state index contributed by atoms with van der Waals surface area (Å²) in [6.45, 7) is 12.3. The number of thiazole rings is 1. The van der Waals surface area contributed by atoms with Crippen LogP contribution in [-0.4, -0.2) is 19.1 Å². The van der Waals surface area contributed by atoms with Gasteiger partial charge in [-0.05, 0) is 42.2 Å². The molecule has 0 saturated carbocycles. The molecule has 1 N–H and O–H groups in total. The van der Waals surface area contributed by atoms with Gasteiger partial charge in [0.25, 0.3) is 5.91 Å². The molecular weight excluding hydrogens is 584 g/mol. The maximum atomic E-state index is 12.7. The molecule has 1 amide bonds. The second kappa shape index (κ2) is 17.4. The van der Waals surface area contributed by atoms with Gasteiger partial charge in [0, 0.05) is 23.7 Å². The van der Waals surface area contributed by atoms with Crippen molar-refractivity contribution in [1.82, 2.24) is 0 Å². The zero-order valence-corrected chi connectivity index (χ0v) is 27.3.